The zero-order valence-electron chi connectivity index (χ0n) is 12.4. The summed E-state index contributed by atoms with van der Waals surface area (Å²) in [4.78, 5) is 0. The zero-order chi connectivity index (χ0) is 14.6. The van der Waals surface area contributed by atoms with Gasteiger partial charge in [-0.05, 0) is 36.8 Å². The first-order valence-corrected chi connectivity index (χ1v) is 8.15. The van der Waals surface area contributed by atoms with Crippen LogP contribution in [0.3, 0.4) is 0 Å². The first-order valence-electron chi connectivity index (χ1n) is 7.36. The molecular formula is C16H25BrN2O. The molecule has 1 aliphatic carbocycles. The molecule has 0 aromatic heterocycles. The lowest BCUT2D eigenvalue weighted by molar-refractivity contribution is -0.0791. The molecule has 0 bridgehead atoms. The number of methoxy groups -OCH3 is 1. The highest BCUT2D eigenvalue weighted by Gasteiger charge is 2.41. The second kappa shape index (κ2) is 7.03. The molecule has 3 unspecified atom stereocenters. The lowest BCUT2D eigenvalue weighted by Gasteiger charge is -2.44. The van der Waals surface area contributed by atoms with Crippen LogP contribution in [0.25, 0.3) is 0 Å². The van der Waals surface area contributed by atoms with E-state index >= 15 is 0 Å². The van der Waals surface area contributed by atoms with E-state index in [4.69, 9.17) is 10.6 Å². The van der Waals surface area contributed by atoms with Crippen LogP contribution in [0.5, 0.6) is 0 Å². The molecule has 0 saturated heterocycles. The predicted molar refractivity (Wildman–Crippen MR) is 86.3 cm³/mol. The molecule has 2 rings (SSSR count). The van der Waals surface area contributed by atoms with Crippen LogP contribution in [-0.2, 0) is 11.2 Å². The number of benzene rings is 1. The lowest BCUT2D eigenvalue weighted by Crippen LogP contribution is -2.57. The van der Waals surface area contributed by atoms with Crippen LogP contribution in [-0.4, -0.2) is 18.8 Å². The average Bonchev–Trinajstić information content (AvgIpc) is 2.46. The molecule has 112 valence electrons. The summed E-state index contributed by atoms with van der Waals surface area (Å²) in [5.41, 5.74) is 4.13. The first kappa shape index (κ1) is 16.0. The number of hydrazine groups is 1. The van der Waals surface area contributed by atoms with Crippen molar-refractivity contribution in [2.24, 2.45) is 11.8 Å². The molecule has 1 aliphatic rings. The molecule has 1 aromatic carbocycles. The van der Waals surface area contributed by atoms with Gasteiger partial charge in [0.05, 0.1) is 11.6 Å². The molecule has 3 nitrogen and oxygen atoms in total. The Balaban J connectivity index is 2.19. The van der Waals surface area contributed by atoms with Crippen LogP contribution in [0.15, 0.2) is 28.7 Å². The summed E-state index contributed by atoms with van der Waals surface area (Å²) in [6, 6.07) is 8.45. The van der Waals surface area contributed by atoms with Gasteiger partial charge in [0.1, 0.15) is 0 Å². The summed E-state index contributed by atoms with van der Waals surface area (Å²) in [7, 11) is 1.82. The number of nitrogens with one attached hydrogen (secondary N) is 1. The van der Waals surface area contributed by atoms with E-state index in [0.717, 1.165) is 23.7 Å². The predicted octanol–water partition coefficient (Wildman–Crippen LogP) is 3.42. The van der Waals surface area contributed by atoms with E-state index in [1.807, 2.05) is 13.2 Å². The Bertz CT molecular complexity index is 440. The monoisotopic (exact) mass is 340 g/mol. The van der Waals surface area contributed by atoms with Crippen LogP contribution >= 0.6 is 15.9 Å². The maximum Gasteiger partial charge on any atom is 0.0850 e. The summed E-state index contributed by atoms with van der Waals surface area (Å²) >= 11 is 3.62. The molecule has 0 radical (unpaired) electrons. The molecule has 1 fully saturated rings. The van der Waals surface area contributed by atoms with E-state index in [1.54, 1.807) is 0 Å². The molecule has 0 amide bonds. The van der Waals surface area contributed by atoms with Gasteiger partial charge in [0, 0.05) is 11.6 Å². The number of ether oxygens (including phenoxy) is 1. The second-order valence-electron chi connectivity index (χ2n) is 5.99. The van der Waals surface area contributed by atoms with E-state index in [0.29, 0.717) is 5.92 Å². The van der Waals surface area contributed by atoms with E-state index in [2.05, 4.69) is 46.5 Å². The summed E-state index contributed by atoms with van der Waals surface area (Å²) < 4.78 is 7.09. The minimum absolute atomic E-state index is 0.133. The Morgan fingerprint density at radius 1 is 1.50 bits per heavy atom. The second-order valence-corrected chi connectivity index (χ2v) is 6.84. The number of rotatable bonds is 5. The highest BCUT2D eigenvalue weighted by molar-refractivity contribution is 9.10. The van der Waals surface area contributed by atoms with Gasteiger partial charge in [0.2, 0.25) is 0 Å². The maximum absolute atomic E-state index is 5.96. The van der Waals surface area contributed by atoms with Crippen molar-refractivity contribution in [2.45, 2.75) is 50.7 Å². The Labute approximate surface area is 130 Å². The number of nitrogens with two attached hydrogens (primary N) is 1. The summed E-state index contributed by atoms with van der Waals surface area (Å²) in [6.45, 7) is 2.30. The van der Waals surface area contributed by atoms with E-state index < -0.39 is 0 Å². The van der Waals surface area contributed by atoms with Crippen molar-refractivity contribution in [2.75, 3.05) is 7.11 Å². The first-order chi connectivity index (χ1) is 9.61. The molecule has 1 aromatic rings. The third-order valence-electron chi connectivity index (χ3n) is 4.62. The zero-order valence-corrected chi connectivity index (χ0v) is 13.9. The summed E-state index contributed by atoms with van der Waals surface area (Å²) in [5, 5.41) is 0. The fourth-order valence-corrected chi connectivity index (χ4v) is 3.92. The molecule has 0 spiro atoms. The van der Waals surface area contributed by atoms with Crippen molar-refractivity contribution in [3.63, 3.8) is 0 Å². The molecule has 3 N–H and O–H groups in total. The summed E-state index contributed by atoms with van der Waals surface area (Å²) in [5.74, 6) is 6.56. The van der Waals surface area contributed by atoms with E-state index in [-0.39, 0.29) is 11.6 Å². The Kier molecular flexibility index (Phi) is 5.61. The SMILES string of the molecule is COC1(C(Cc2ccccc2Br)NN)CCCC(C)C1. The summed E-state index contributed by atoms with van der Waals surface area (Å²) in [6.07, 6.45) is 5.52. The normalized spacial score (nSPS) is 28.3. The minimum Gasteiger partial charge on any atom is -0.377 e. The third kappa shape index (κ3) is 3.42. The molecule has 4 heteroatoms. The standard InChI is InChI=1S/C16H25BrN2O/c1-12-6-5-9-16(11-12,20-2)15(19-18)10-13-7-3-4-8-14(13)17/h3-4,7-8,12,15,19H,5-6,9-11,18H2,1-2H3. The average molecular weight is 341 g/mol. The van der Waals surface area contributed by atoms with Gasteiger partial charge in [-0.2, -0.15) is 0 Å². The van der Waals surface area contributed by atoms with Crippen molar-refractivity contribution >= 4 is 15.9 Å². The molecule has 0 heterocycles. The third-order valence-corrected chi connectivity index (χ3v) is 5.39. The number of hydrogen-bond donors (Lipinski definition) is 2. The highest BCUT2D eigenvalue weighted by atomic mass is 79.9. The van der Waals surface area contributed by atoms with Gasteiger partial charge in [-0.1, -0.05) is 53.9 Å². The van der Waals surface area contributed by atoms with Crippen molar-refractivity contribution in [3.05, 3.63) is 34.3 Å². The van der Waals surface area contributed by atoms with Crippen molar-refractivity contribution in [3.8, 4) is 0 Å². The van der Waals surface area contributed by atoms with Crippen LogP contribution in [0.1, 0.15) is 38.2 Å². The van der Waals surface area contributed by atoms with Gasteiger partial charge >= 0.3 is 0 Å². The maximum atomic E-state index is 5.96. The van der Waals surface area contributed by atoms with Gasteiger partial charge in [0.25, 0.3) is 0 Å². The Morgan fingerprint density at radius 3 is 2.85 bits per heavy atom. The van der Waals surface area contributed by atoms with Crippen LogP contribution in [0.2, 0.25) is 0 Å². The van der Waals surface area contributed by atoms with Crippen LogP contribution < -0.4 is 11.3 Å². The topological polar surface area (TPSA) is 47.3 Å². The Hall–Kier alpha value is -0.420. The lowest BCUT2D eigenvalue weighted by atomic mass is 9.73. The molecular weight excluding hydrogens is 316 g/mol. The molecule has 0 aliphatic heterocycles. The van der Waals surface area contributed by atoms with Gasteiger partial charge < -0.3 is 4.74 Å². The molecule has 3 atom stereocenters. The van der Waals surface area contributed by atoms with E-state index in [1.165, 1.54) is 18.4 Å². The van der Waals surface area contributed by atoms with Crippen LogP contribution in [0, 0.1) is 5.92 Å². The quantitative estimate of drug-likeness (QED) is 0.637. The van der Waals surface area contributed by atoms with Crippen molar-refractivity contribution in [1.29, 1.82) is 0 Å². The molecule has 1 saturated carbocycles. The Morgan fingerprint density at radius 2 is 2.25 bits per heavy atom. The fourth-order valence-electron chi connectivity index (χ4n) is 3.47. The minimum atomic E-state index is -0.151. The fraction of sp³-hybridized carbons (Fsp3) is 0.625. The number of hydrogen-bond acceptors (Lipinski definition) is 3. The van der Waals surface area contributed by atoms with E-state index in [9.17, 15) is 0 Å². The molecule has 20 heavy (non-hydrogen) atoms. The van der Waals surface area contributed by atoms with Gasteiger partial charge in [-0.3, -0.25) is 11.3 Å². The highest BCUT2D eigenvalue weighted by Crippen LogP contribution is 2.38. The van der Waals surface area contributed by atoms with Crippen LogP contribution in [0.4, 0.5) is 0 Å². The van der Waals surface area contributed by atoms with Crippen molar-refractivity contribution in [1.82, 2.24) is 5.43 Å². The number of halogens is 1. The van der Waals surface area contributed by atoms with Gasteiger partial charge in [-0.25, -0.2) is 0 Å². The largest absolute Gasteiger partial charge is 0.377 e. The van der Waals surface area contributed by atoms with Gasteiger partial charge in [-0.15, -0.1) is 0 Å². The smallest absolute Gasteiger partial charge is 0.0850 e. The van der Waals surface area contributed by atoms with Gasteiger partial charge in [0.15, 0.2) is 0 Å². The van der Waals surface area contributed by atoms with Crippen molar-refractivity contribution < 1.29 is 4.74 Å².